The van der Waals surface area contributed by atoms with Crippen molar-refractivity contribution < 1.29 is 9.90 Å². The molecule has 0 aromatic rings. The summed E-state index contributed by atoms with van der Waals surface area (Å²) in [4.78, 5) is 10.0. The summed E-state index contributed by atoms with van der Waals surface area (Å²) in [7, 11) is 0. The Morgan fingerprint density at radius 1 is 1.50 bits per heavy atom. The van der Waals surface area contributed by atoms with Crippen LogP contribution in [0.5, 0.6) is 0 Å². The van der Waals surface area contributed by atoms with Crippen molar-refractivity contribution in [3.05, 3.63) is 11.8 Å². The average molecular weight is 204 g/mol. The summed E-state index contributed by atoms with van der Waals surface area (Å²) in [5, 5.41) is 8.18. The Hall–Kier alpha value is -0.120. The zero-order valence-corrected chi connectivity index (χ0v) is 6.91. The summed E-state index contributed by atoms with van der Waals surface area (Å²) in [6, 6.07) is 0. The Morgan fingerprint density at radius 2 is 1.90 bits per heavy atom. The maximum Gasteiger partial charge on any atom is 0.351 e. The SMILES string of the molecule is N/C(=C\C(Cl)(Cl)Cl)C(=O)O. The zero-order valence-electron chi connectivity index (χ0n) is 4.64. The van der Waals surface area contributed by atoms with Crippen molar-refractivity contribution in [2.75, 3.05) is 0 Å². The van der Waals surface area contributed by atoms with Gasteiger partial charge in [-0.15, -0.1) is 0 Å². The summed E-state index contributed by atoms with van der Waals surface area (Å²) in [5.41, 5.74) is 4.42. The molecule has 0 saturated carbocycles. The summed E-state index contributed by atoms with van der Waals surface area (Å²) in [5.74, 6) is -1.31. The van der Waals surface area contributed by atoms with E-state index in [1.807, 2.05) is 0 Å². The molecule has 0 aliphatic heterocycles. The fourth-order valence-electron chi connectivity index (χ4n) is 0.238. The second kappa shape index (κ2) is 3.32. The van der Waals surface area contributed by atoms with Gasteiger partial charge in [0.1, 0.15) is 5.70 Å². The second-order valence-corrected chi connectivity index (χ2v) is 3.82. The van der Waals surface area contributed by atoms with Crippen LogP contribution in [0.2, 0.25) is 0 Å². The highest BCUT2D eigenvalue weighted by molar-refractivity contribution is 6.69. The van der Waals surface area contributed by atoms with E-state index in [0.717, 1.165) is 6.08 Å². The van der Waals surface area contributed by atoms with Crippen LogP contribution in [0.4, 0.5) is 0 Å². The number of halogens is 3. The van der Waals surface area contributed by atoms with Gasteiger partial charge in [-0.3, -0.25) is 0 Å². The van der Waals surface area contributed by atoms with Crippen LogP contribution in [0, 0.1) is 0 Å². The van der Waals surface area contributed by atoms with Crippen molar-refractivity contribution in [3.8, 4) is 0 Å². The predicted molar refractivity (Wildman–Crippen MR) is 40.2 cm³/mol. The van der Waals surface area contributed by atoms with E-state index >= 15 is 0 Å². The first kappa shape index (κ1) is 9.88. The Labute approximate surface area is 72.3 Å². The van der Waals surface area contributed by atoms with Gasteiger partial charge < -0.3 is 10.8 Å². The van der Waals surface area contributed by atoms with Gasteiger partial charge in [-0.2, -0.15) is 0 Å². The second-order valence-electron chi connectivity index (χ2n) is 1.45. The van der Waals surface area contributed by atoms with Gasteiger partial charge in [-0.1, -0.05) is 34.8 Å². The molecule has 58 valence electrons. The summed E-state index contributed by atoms with van der Waals surface area (Å²) in [6.45, 7) is 0. The lowest BCUT2D eigenvalue weighted by molar-refractivity contribution is -0.132. The van der Waals surface area contributed by atoms with Crippen LogP contribution >= 0.6 is 34.8 Å². The van der Waals surface area contributed by atoms with Crippen molar-refractivity contribution in [2.24, 2.45) is 5.73 Å². The smallest absolute Gasteiger partial charge is 0.351 e. The van der Waals surface area contributed by atoms with Gasteiger partial charge in [-0.25, -0.2) is 4.79 Å². The third-order valence-corrected chi connectivity index (χ3v) is 0.893. The van der Waals surface area contributed by atoms with E-state index in [0.29, 0.717) is 0 Å². The van der Waals surface area contributed by atoms with E-state index in [-0.39, 0.29) is 0 Å². The highest BCUT2D eigenvalue weighted by Crippen LogP contribution is 2.27. The molecule has 6 heteroatoms. The van der Waals surface area contributed by atoms with Crippen LogP contribution in [-0.2, 0) is 4.79 Å². The van der Waals surface area contributed by atoms with Crippen molar-refractivity contribution in [3.63, 3.8) is 0 Å². The normalized spacial score (nSPS) is 13.3. The quantitative estimate of drug-likeness (QED) is 0.500. The number of nitrogens with two attached hydrogens (primary N) is 1. The minimum absolute atomic E-state index is 0.486. The number of hydrogen-bond acceptors (Lipinski definition) is 2. The van der Waals surface area contributed by atoms with E-state index in [1.54, 1.807) is 0 Å². The highest BCUT2D eigenvalue weighted by atomic mass is 35.6. The number of carbonyl (C=O) groups is 1. The summed E-state index contributed by atoms with van der Waals surface area (Å²) in [6.07, 6.45) is 0.819. The Balaban J connectivity index is 4.32. The van der Waals surface area contributed by atoms with Crippen LogP contribution in [0.15, 0.2) is 11.8 Å². The number of carboxylic acids is 1. The van der Waals surface area contributed by atoms with Crippen LogP contribution in [0.25, 0.3) is 0 Å². The van der Waals surface area contributed by atoms with Gasteiger partial charge in [0.15, 0.2) is 0 Å². The molecule has 0 radical (unpaired) electrons. The lowest BCUT2D eigenvalue weighted by Gasteiger charge is -2.03. The molecule has 0 rings (SSSR count). The van der Waals surface area contributed by atoms with E-state index in [4.69, 9.17) is 45.6 Å². The molecule has 0 aromatic carbocycles. The average Bonchev–Trinajstić information content (AvgIpc) is 1.60. The fraction of sp³-hybridized carbons (Fsp3) is 0.250. The van der Waals surface area contributed by atoms with Gasteiger partial charge in [0.25, 0.3) is 0 Å². The van der Waals surface area contributed by atoms with Crippen molar-refractivity contribution in [2.45, 2.75) is 3.79 Å². The first-order valence-electron chi connectivity index (χ1n) is 2.11. The highest BCUT2D eigenvalue weighted by Gasteiger charge is 2.18. The molecule has 0 spiro atoms. The lowest BCUT2D eigenvalue weighted by atomic mass is 10.4. The van der Waals surface area contributed by atoms with Gasteiger partial charge in [-0.05, 0) is 6.08 Å². The third kappa shape index (κ3) is 4.73. The molecule has 0 aliphatic rings. The van der Waals surface area contributed by atoms with E-state index in [9.17, 15) is 4.79 Å². The molecule has 0 aromatic heterocycles. The Morgan fingerprint density at radius 3 is 2.00 bits per heavy atom. The van der Waals surface area contributed by atoms with Gasteiger partial charge >= 0.3 is 5.97 Å². The standard InChI is InChI=1S/C4H4Cl3NO2/c5-4(6,7)1-2(8)3(9)10/h1H,8H2,(H,9,10)/b2-1-. The number of allylic oxidation sites excluding steroid dienone is 1. The molecule has 3 N–H and O–H groups in total. The molecule has 0 amide bonds. The molecule has 0 bridgehead atoms. The topological polar surface area (TPSA) is 63.3 Å². The molecular weight excluding hydrogens is 200 g/mol. The lowest BCUT2D eigenvalue weighted by Crippen LogP contribution is -2.13. The summed E-state index contributed by atoms with van der Waals surface area (Å²) >= 11 is 15.5. The fourth-order valence-corrected chi connectivity index (χ4v) is 0.591. The number of carboxylic acid groups (broad SMARTS) is 1. The first-order valence-corrected chi connectivity index (χ1v) is 3.24. The number of hydrogen-bond donors (Lipinski definition) is 2. The van der Waals surface area contributed by atoms with Crippen molar-refractivity contribution in [1.82, 2.24) is 0 Å². The van der Waals surface area contributed by atoms with Gasteiger partial charge in [0, 0.05) is 0 Å². The molecule has 0 unspecified atom stereocenters. The minimum Gasteiger partial charge on any atom is -0.477 e. The van der Waals surface area contributed by atoms with E-state index in [1.165, 1.54) is 0 Å². The van der Waals surface area contributed by atoms with Crippen LogP contribution < -0.4 is 5.73 Å². The largest absolute Gasteiger partial charge is 0.477 e. The predicted octanol–water partition coefficient (Wildman–Crippen LogP) is 1.28. The number of aliphatic carboxylic acids is 1. The van der Waals surface area contributed by atoms with Crippen molar-refractivity contribution >= 4 is 40.8 Å². The Bertz CT molecular complexity index is 172. The van der Waals surface area contributed by atoms with Crippen LogP contribution in [-0.4, -0.2) is 14.9 Å². The molecule has 0 aliphatic carbocycles. The third-order valence-electron chi connectivity index (χ3n) is 0.566. The molecule has 0 fully saturated rings. The zero-order chi connectivity index (χ0) is 8.36. The van der Waals surface area contributed by atoms with Gasteiger partial charge in [0.2, 0.25) is 3.79 Å². The molecule has 3 nitrogen and oxygen atoms in total. The molecule has 0 heterocycles. The van der Waals surface area contributed by atoms with E-state index < -0.39 is 15.5 Å². The number of rotatable bonds is 1. The molecule has 10 heavy (non-hydrogen) atoms. The Kier molecular flexibility index (Phi) is 3.28. The minimum atomic E-state index is -1.75. The van der Waals surface area contributed by atoms with Crippen LogP contribution in [0.1, 0.15) is 0 Å². The van der Waals surface area contributed by atoms with Crippen LogP contribution in [0.3, 0.4) is 0 Å². The molecule has 0 saturated heterocycles. The number of alkyl halides is 3. The molecular formula is C4H4Cl3NO2. The van der Waals surface area contributed by atoms with Crippen molar-refractivity contribution in [1.29, 1.82) is 0 Å². The maximum atomic E-state index is 10.0. The molecule has 0 atom stereocenters. The van der Waals surface area contributed by atoms with E-state index in [2.05, 4.69) is 0 Å². The first-order chi connectivity index (χ1) is 4.33. The maximum absolute atomic E-state index is 10.0. The van der Waals surface area contributed by atoms with Gasteiger partial charge in [0.05, 0.1) is 0 Å². The summed E-state index contributed by atoms with van der Waals surface area (Å²) < 4.78 is -1.75. The monoisotopic (exact) mass is 203 g/mol.